The van der Waals surface area contributed by atoms with Crippen LogP contribution in [0.15, 0.2) is 39.3 Å². The summed E-state index contributed by atoms with van der Waals surface area (Å²) in [4.78, 5) is 0. The van der Waals surface area contributed by atoms with Crippen LogP contribution in [0.4, 0.5) is 5.69 Å². The van der Waals surface area contributed by atoms with E-state index in [4.69, 9.17) is 0 Å². The number of phenols is 2. The number of anilines is 1. The molecule has 3 N–H and O–H groups in total. The van der Waals surface area contributed by atoms with Gasteiger partial charge < -0.3 is 15.5 Å². The molecule has 0 radical (unpaired) electrons. The minimum atomic E-state index is 0.199. The van der Waals surface area contributed by atoms with Crippen LogP contribution >= 0.6 is 31.9 Å². The van der Waals surface area contributed by atoms with E-state index in [9.17, 15) is 10.2 Å². The molecule has 2 aromatic rings. The third-order valence-electron chi connectivity index (χ3n) is 2.77. The van der Waals surface area contributed by atoms with Crippen molar-refractivity contribution in [2.75, 3.05) is 5.32 Å². The maximum Gasteiger partial charge on any atom is 0.143 e. The van der Waals surface area contributed by atoms with Crippen molar-refractivity contribution in [1.29, 1.82) is 0 Å². The van der Waals surface area contributed by atoms with Gasteiger partial charge in [0, 0.05) is 12.2 Å². The van der Waals surface area contributed by atoms with Gasteiger partial charge in [-0.25, -0.2) is 0 Å². The monoisotopic (exact) mass is 385 g/mol. The molecule has 5 heteroatoms. The lowest BCUT2D eigenvalue weighted by atomic mass is 10.1. The fourth-order valence-corrected chi connectivity index (χ4v) is 3.04. The first-order valence-electron chi connectivity index (χ1n) is 5.68. The molecule has 2 rings (SSSR count). The van der Waals surface area contributed by atoms with Gasteiger partial charge >= 0.3 is 0 Å². The number of benzene rings is 2. The van der Waals surface area contributed by atoms with Gasteiger partial charge in [-0.3, -0.25) is 0 Å². The highest BCUT2D eigenvalue weighted by atomic mass is 79.9. The van der Waals surface area contributed by atoms with Crippen LogP contribution in [0.25, 0.3) is 0 Å². The Balaban J connectivity index is 2.14. The van der Waals surface area contributed by atoms with Crippen molar-refractivity contribution in [2.45, 2.75) is 13.5 Å². The number of aromatic hydroxyl groups is 2. The second-order valence-electron chi connectivity index (χ2n) is 4.26. The fraction of sp³-hybridized carbons (Fsp3) is 0.143. The molecule has 100 valence electrons. The maximum absolute atomic E-state index is 9.65. The van der Waals surface area contributed by atoms with Crippen LogP contribution in [-0.4, -0.2) is 10.2 Å². The third kappa shape index (κ3) is 3.42. The van der Waals surface area contributed by atoms with Crippen LogP contribution in [0.5, 0.6) is 11.5 Å². The second-order valence-corrected chi connectivity index (χ2v) is 5.97. The molecule has 19 heavy (non-hydrogen) atoms. The Morgan fingerprint density at radius 3 is 2.26 bits per heavy atom. The number of halogens is 2. The summed E-state index contributed by atoms with van der Waals surface area (Å²) in [6.07, 6.45) is 0. The van der Waals surface area contributed by atoms with Crippen molar-refractivity contribution in [2.24, 2.45) is 0 Å². The highest BCUT2D eigenvalue weighted by molar-refractivity contribution is 9.11. The van der Waals surface area contributed by atoms with Gasteiger partial charge in [0.05, 0.1) is 8.95 Å². The van der Waals surface area contributed by atoms with E-state index in [0.717, 1.165) is 16.8 Å². The summed E-state index contributed by atoms with van der Waals surface area (Å²) < 4.78 is 1.31. The number of hydrogen-bond donors (Lipinski definition) is 3. The van der Waals surface area contributed by atoms with Crippen LogP contribution in [0.2, 0.25) is 0 Å². The van der Waals surface area contributed by atoms with Gasteiger partial charge in [-0.2, -0.15) is 0 Å². The Labute approximate surface area is 128 Å². The van der Waals surface area contributed by atoms with Gasteiger partial charge in [0.25, 0.3) is 0 Å². The van der Waals surface area contributed by atoms with Crippen molar-refractivity contribution >= 4 is 37.5 Å². The summed E-state index contributed by atoms with van der Waals surface area (Å²) in [6, 6.07) is 8.93. The van der Waals surface area contributed by atoms with Crippen molar-refractivity contribution in [3.05, 3.63) is 50.4 Å². The summed E-state index contributed by atoms with van der Waals surface area (Å²) in [5.74, 6) is 0.461. The maximum atomic E-state index is 9.65. The highest BCUT2D eigenvalue weighted by Gasteiger charge is 2.06. The SMILES string of the molecule is Cc1cc(O)ccc1NCc1cc(Br)c(O)c(Br)c1. The Morgan fingerprint density at radius 2 is 1.68 bits per heavy atom. The van der Waals surface area contributed by atoms with E-state index in [-0.39, 0.29) is 11.5 Å². The molecule has 0 heterocycles. The minimum absolute atomic E-state index is 0.199. The van der Waals surface area contributed by atoms with E-state index in [1.165, 1.54) is 0 Å². The minimum Gasteiger partial charge on any atom is -0.508 e. The average molecular weight is 387 g/mol. The quantitative estimate of drug-likeness (QED) is 0.678. The summed E-state index contributed by atoms with van der Waals surface area (Å²) in [5, 5.41) is 22.3. The Bertz CT molecular complexity index is 591. The van der Waals surface area contributed by atoms with E-state index in [1.807, 2.05) is 25.1 Å². The van der Waals surface area contributed by atoms with Gasteiger partial charge in [0.15, 0.2) is 0 Å². The van der Waals surface area contributed by atoms with Gasteiger partial charge in [0.1, 0.15) is 11.5 Å². The second kappa shape index (κ2) is 5.84. The first-order valence-corrected chi connectivity index (χ1v) is 7.26. The van der Waals surface area contributed by atoms with Crippen molar-refractivity contribution < 1.29 is 10.2 Å². The number of aryl methyl sites for hydroxylation is 1. The third-order valence-corrected chi connectivity index (χ3v) is 3.98. The van der Waals surface area contributed by atoms with E-state index < -0.39 is 0 Å². The molecule has 0 saturated heterocycles. The molecule has 0 atom stereocenters. The van der Waals surface area contributed by atoms with Gasteiger partial charge in [-0.05, 0) is 80.2 Å². The van der Waals surface area contributed by atoms with Gasteiger partial charge in [-0.15, -0.1) is 0 Å². The van der Waals surface area contributed by atoms with Gasteiger partial charge in [0.2, 0.25) is 0 Å². The molecule has 0 amide bonds. The molecular formula is C14H13Br2NO2. The van der Waals surface area contributed by atoms with Crippen LogP contribution in [0, 0.1) is 6.92 Å². The van der Waals surface area contributed by atoms with Crippen LogP contribution in [-0.2, 0) is 6.54 Å². The standard InChI is InChI=1S/C14H13Br2NO2/c1-8-4-10(18)2-3-13(8)17-7-9-5-11(15)14(19)12(16)6-9/h2-6,17-19H,7H2,1H3. The Morgan fingerprint density at radius 1 is 1.05 bits per heavy atom. The topological polar surface area (TPSA) is 52.5 Å². The summed E-state index contributed by atoms with van der Waals surface area (Å²) >= 11 is 6.61. The zero-order valence-corrected chi connectivity index (χ0v) is 13.4. The molecule has 0 aliphatic rings. The van der Waals surface area contributed by atoms with E-state index in [0.29, 0.717) is 15.5 Å². The number of nitrogens with one attached hydrogen (secondary N) is 1. The van der Waals surface area contributed by atoms with E-state index in [2.05, 4.69) is 37.2 Å². The molecule has 0 spiro atoms. The zero-order chi connectivity index (χ0) is 14.0. The van der Waals surface area contributed by atoms with Crippen LogP contribution in [0.1, 0.15) is 11.1 Å². The molecule has 0 bridgehead atoms. The predicted molar refractivity (Wildman–Crippen MR) is 83.7 cm³/mol. The summed E-state index contributed by atoms with van der Waals surface area (Å²) in [6.45, 7) is 2.56. The molecule has 2 aromatic carbocycles. The molecule has 0 aromatic heterocycles. The predicted octanol–water partition coefficient (Wildman–Crippen LogP) is 4.54. The zero-order valence-electron chi connectivity index (χ0n) is 10.2. The smallest absolute Gasteiger partial charge is 0.143 e. The lowest BCUT2D eigenvalue weighted by molar-refractivity contribution is 0.468. The highest BCUT2D eigenvalue weighted by Crippen LogP contribution is 2.33. The molecule has 0 aliphatic carbocycles. The number of phenolic OH excluding ortho intramolecular Hbond substituents is 2. The first kappa shape index (κ1) is 14.2. The van der Waals surface area contributed by atoms with Crippen molar-refractivity contribution in [3.8, 4) is 11.5 Å². The molecule has 0 unspecified atom stereocenters. The number of hydrogen-bond acceptors (Lipinski definition) is 3. The number of rotatable bonds is 3. The van der Waals surface area contributed by atoms with Crippen LogP contribution < -0.4 is 5.32 Å². The summed E-state index contributed by atoms with van der Waals surface area (Å²) in [5.41, 5.74) is 2.99. The lowest BCUT2D eigenvalue weighted by Gasteiger charge is -2.11. The Kier molecular flexibility index (Phi) is 4.37. The van der Waals surface area contributed by atoms with Crippen LogP contribution in [0.3, 0.4) is 0 Å². The molecule has 0 saturated carbocycles. The summed E-state index contributed by atoms with van der Waals surface area (Å²) in [7, 11) is 0. The molecular weight excluding hydrogens is 374 g/mol. The van der Waals surface area contributed by atoms with E-state index in [1.54, 1.807) is 12.1 Å². The van der Waals surface area contributed by atoms with Gasteiger partial charge in [-0.1, -0.05) is 0 Å². The lowest BCUT2D eigenvalue weighted by Crippen LogP contribution is -2.01. The fourth-order valence-electron chi connectivity index (χ4n) is 1.76. The van der Waals surface area contributed by atoms with E-state index >= 15 is 0 Å². The normalized spacial score (nSPS) is 10.5. The molecule has 3 nitrogen and oxygen atoms in total. The first-order chi connectivity index (χ1) is 8.97. The molecule has 0 aliphatic heterocycles. The Hall–Kier alpha value is -1.20. The van der Waals surface area contributed by atoms with Crippen molar-refractivity contribution in [1.82, 2.24) is 0 Å². The average Bonchev–Trinajstić information content (AvgIpc) is 2.34. The largest absolute Gasteiger partial charge is 0.508 e. The van der Waals surface area contributed by atoms with Crippen molar-refractivity contribution in [3.63, 3.8) is 0 Å². The molecule has 0 fully saturated rings.